The summed E-state index contributed by atoms with van der Waals surface area (Å²) in [5.41, 5.74) is -1.21. The van der Waals surface area contributed by atoms with Crippen LogP contribution in [0.4, 0.5) is 0 Å². The van der Waals surface area contributed by atoms with Crippen molar-refractivity contribution >= 4 is 39.4 Å². The zero-order valence-electron chi connectivity index (χ0n) is 19.9. The van der Waals surface area contributed by atoms with Crippen molar-refractivity contribution in [3.8, 4) is 11.8 Å². The Morgan fingerprint density at radius 3 is 1.88 bits per heavy atom. The molecule has 0 amide bonds. The fraction of sp³-hybridized carbons (Fsp3) is 0.591. The molecule has 0 aromatic carbocycles. The minimum absolute atomic E-state index is 0.169. The van der Waals surface area contributed by atoms with E-state index in [-0.39, 0.29) is 16.6 Å². The Balaban J connectivity index is 2.49. The molecule has 0 saturated heterocycles. The van der Waals surface area contributed by atoms with Crippen LogP contribution in [0.15, 0.2) is 6.07 Å². The first-order chi connectivity index (χ1) is 14.7. The van der Waals surface area contributed by atoms with Crippen molar-refractivity contribution in [3.63, 3.8) is 0 Å². The van der Waals surface area contributed by atoms with Crippen LogP contribution in [0.25, 0.3) is 10.3 Å². The highest BCUT2D eigenvalue weighted by atomic mass is 32.1. The van der Waals surface area contributed by atoms with Gasteiger partial charge in [0.2, 0.25) is 0 Å². The fourth-order valence-corrected chi connectivity index (χ4v) is 3.75. The molecule has 0 bridgehead atoms. The predicted molar refractivity (Wildman–Crippen MR) is 119 cm³/mol. The normalized spacial score (nSPS) is 13.9. The molecular formula is C22H30N2O7S. The molecule has 176 valence electrons. The van der Waals surface area contributed by atoms with Crippen molar-refractivity contribution in [2.75, 3.05) is 14.2 Å². The lowest BCUT2D eigenvalue weighted by Gasteiger charge is -2.28. The first-order valence-corrected chi connectivity index (χ1v) is 10.9. The molecule has 2 heterocycles. The van der Waals surface area contributed by atoms with Crippen LogP contribution in [-0.4, -0.2) is 53.1 Å². The molecule has 10 heteroatoms. The Bertz CT molecular complexity index is 977. The molecule has 32 heavy (non-hydrogen) atoms. The molecule has 0 fully saturated rings. The molecule has 0 aliphatic heterocycles. The second kappa shape index (κ2) is 9.40. The second-order valence-electron chi connectivity index (χ2n) is 9.24. The molecule has 2 aromatic rings. The van der Waals surface area contributed by atoms with Gasteiger partial charge in [-0.3, -0.25) is 14.4 Å². The smallest absolute Gasteiger partial charge is 0.318 e. The number of carbonyl (C=O) groups is 3. The first-order valence-electron chi connectivity index (χ1n) is 10.1. The maximum atomic E-state index is 13.4. The lowest BCUT2D eigenvalue weighted by molar-refractivity contribution is -0.170. The number of ether oxygens (including phenoxy) is 4. The summed E-state index contributed by atoms with van der Waals surface area (Å²) in [7, 11) is 2.86. The number of fused-ring (bicyclic) bond motifs is 1. The molecule has 0 aliphatic carbocycles. The molecule has 2 aromatic heterocycles. The molecule has 2 unspecified atom stereocenters. The average Bonchev–Trinajstić information content (AvgIpc) is 3.06. The zero-order valence-corrected chi connectivity index (χ0v) is 20.7. The number of esters is 2. The molecule has 2 atom stereocenters. The van der Waals surface area contributed by atoms with Gasteiger partial charge in [-0.05, 0) is 47.6 Å². The van der Waals surface area contributed by atoms with E-state index in [1.807, 2.05) is 0 Å². The standard InChI is InChI=1S/C22H30N2O7S/c1-11(19(26)30-21(2,3)4)14(20(27)31-22(5,6)7)15(25)13-10-12-18(32-13)24-17(29-9)16(23-12)28-8/h10-11,14H,1-9H3. The Morgan fingerprint density at radius 2 is 1.38 bits per heavy atom. The van der Waals surface area contributed by atoms with E-state index in [4.69, 9.17) is 18.9 Å². The highest BCUT2D eigenvalue weighted by molar-refractivity contribution is 7.20. The summed E-state index contributed by atoms with van der Waals surface area (Å²) in [4.78, 5) is 48.4. The van der Waals surface area contributed by atoms with Crippen molar-refractivity contribution in [3.05, 3.63) is 10.9 Å². The van der Waals surface area contributed by atoms with Crippen molar-refractivity contribution in [2.24, 2.45) is 11.8 Å². The van der Waals surface area contributed by atoms with E-state index in [9.17, 15) is 14.4 Å². The summed E-state index contributed by atoms with van der Waals surface area (Å²) in [5, 5.41) is 0. The lowest BCUT2D eigenvalue weighted by atomic mass is 9.88. The maximum Gasteiger partial charge on any atom is 0.318 e. The van der Waals surface area contributed by atoms with Crippen LogP contribution in [-0.2, 0) is 19.1 Å². The van der Waals surface area contributed by atoms with Crippen LogP contribution >= 0.6 is 11.3 Å². The van der Waals surface area contributed by atoms with Crippen LogP contribution < -0.4 is 9.47 Å². The number of nitrogens with zero attached hydrogens (tertiary/aromatic N) is 2. The number of hydrogen-bond acceptors (Lipinski definition) is 10. The number of ketones is 1. The van der Waals surface area contributed by atoms with Gasteiger partial charge in [0.1, 0.15) is 27.5 Å². The highest BCUT2D eigenvalue weighted by Gasteiger charge is 2.42. The largest absolute Gasteiger partial charge is 0.477 e. The molecule has 0 radical (unpaired) electrons. The maximum absolute atomic E-state index is 13.4. The Hall–Kier alpha value is -2.75. The molecule has 0 saturated carbocycles. The minimum atomic E-state index is -1.39. The van der Waals surface area contributed by atoms with Crippen LogP contribution in [0.3, 0.4) is 0 Å². The van der Waals surface area contributed by atoms with E-state index in [0.29, 0.717) is 10.3 Å². The first kappa shape index (κ1) is 25.5. The second-order valence-corrected chi connectivity index (χ2v) is 10.3. The quantitative estimate of drug-likeness (QED) is 0.341. The Morgan fingerprint density at radius 1 is 0.875 bits per heavy atom. The van der Waals surface area contributed by atoms with Gasteiger partial charge in [-0.1, -0.05) is 6.92 Å². The molecule has 0 N–H and O–H groups in total. The lowest BCUT2D eigenvalue weighted by Crippen LogP contribution is -2.41. The van der Waals surface area contributed by atoms with Crippen LogP contribution in [0.5, 0.6) is 11.8 Å². The average molecular weight is 467 g/mol. The molecule has 0 aliphatic rings. The summed E-state index contributed by atoms with van der Waals surface area (Å²) in [5.74, 6) is -4.14. The van der Waals surface area contributed by atoms with Crippen molar-refractivity contribution in [1.29, 1.82) is 0 Å². The number of aromatic nitrogens is 2. The van der Waals surface area contributed by atoms with Gasteiger partial charge in [-0.15, -0.1) is 11.3 Å². The number of methoxy groups -OCH3 is 2. The summed E-state index contributed by atoms with van der Waals surface area (Å²) in [6.07, 6.45) is 0. The van der Waals surface area contributed by atoms with E-state index in [1.165, 1.54) is 27.2 Å². The number of carbonyl (C=O) groups excluding carboxylic acids is 3. The summed E-state index contributed by atoms with van der Waals surface area (Å²) < 4.78 is 21.2. The molecular weight excluding hydrogens is 436 g/mol. The van der Waals surface area contributed by atoms with Gasteiger partial charge >= 0.3 is 11.9 Å². The Kier molecular flexibility index (Phi) is 7.49. The topological polar surface area (TPSA) is 114 Å². The van der Waals surface area contributed by atoms with Gasteiger partial charge in [-0.2, -0.15) is 4.98 Å². The van der Waals surface area contributed by atoms with E-state index in [1.54, 1.807) is 41.5 Å². The molecule has 0 spiro atoms. The third-order valence-electron chi connectivity index (χ3n) is 4.15. The molecule has 2 rings (SSSR count). The van der Waals surface area contributed by atoms with E-state index < -0.39 is 40.8 Å². The summed E-state index contributed by atoms with van der Waals surface area (Å²) in [6, 6.07) is 1.51. The number of hydrogen-bond donors (Lipinski definition) is 0. The fourth-order valence-electron chi connectivity index (χ4n) is 2.80. The van der Waals surface area contributed by atoms with Gasteiger partial charge in [0, 0.05) is 0 Å². The number of thiophene rings is 1. The van der Waals surface area contributed by atoms with Crippen LogP contribution in [0, 0.1) is 11.8 Å². The Labute approximate surface area is 191 Å². The minimum Gasteiger partial charge on any atom is -0.477 e. The van der Waals surface area contributed by atoms with Gasteiger partial charge in [-0.25, -0.2) is 4.98 Å². The third-order valence-corrected chi connectivity index (χ3v) is 5.19. The van der Waals surface area contributed by atoms with Crippen molar-refractivity contribution in [2.45, 2.75) is 59.7 Å². The van der Waals surface area contributed by atoms with Crippen molar-refractivity contribution < 1.29 is 33.3 Å². The highest BCUT2D eigenvalue weighted by Crippen LogP contribution is 2.33. The van der Waals surface area contributed by atoms with Gasteiger partial charge < -0.3 is 18.9 Å². The SMILES string of the molecule is COc1nc2cc(C(=O)C(C(=O)OC(C)(C)C)C(C)C(=O)OC(C)(C)C)sc2nc1OC. The number of rotatable bonds is 7. The number of Topliss-reactive ketones (excluding diaryl/α,β-unsaturated/α-hetero) is 1. The monoisotopic (exact) mass is 466 g/mol. The summed E-state index contributed by atoms with van der Waals surface area (Å²) in [6.45, 7) is 11.7. The van der Waals surface area contributed by atoms with E-state index >= 15 is 0 Å². The molecule has 9 nitrogen and oxygen atoms in total. The van der Waals surface area contributed by atoms with Crippen molar-refractivity contribution in [1.82, 2.24) is 9.97 Å². The summed E-state index contributed by atoms with van der Waals surface area (Å²) >= 11 is 1.04. The zero-order chi connectivity index (χ0) is 24.4. The van der Waals surface area contributed by atoms with Gasteiger partial charge in [0.05, 0.1) is 25.0 Å². The van der Waals surface area contributed by atoms with Gasteiger partial charge in [0.25, 0.3) is 11.8 Å². The third kappa shape index (κ3) is 6.15. The van der Waals surface area contributed by atoms with Crippen LogP contribution in [0.1, 0.15) is 58.1 Å². The van der Waals surface area contributed by atoms with Crippen LogP contribution in [0.2, 0.25) is 0 Å². The van der Waals surface area contributed by atoms with E-state index in [0.717, 1.165) is 11.3 Å². The van der Waals surface area contributed by atoms with E-state index in [2.05, 4.69) is 9.97 Å². The predicted octanol–water partition coefficient (Wildman–Crippen LogP) is 3.83. The van der Waals surface area contributed by atoms with Gasteiger partial charge in [0.15, 0.2) is 5.78 Å².